The van der Waals surface area contributed by atoms with Gasteiger partial charge in [0.05, 0.1) is 13.0 Å². The van der Waals surface area contributed by atoms with Crippen LogP contribution in [0.2, 0.25) is 0 Å². The summed E-state index contributed by atoms with van der Waals surface area (Å²) >= 11 is 0. The zero-order chi connectivity index (χ0) is 16.1. The van der Waals surface area contributed by atoms with E-state index in [0.717, 1.165) is 30.1 Å². The zero-order valence-electron chi connectivity index (χ0n) is 15.1. The normalized spacial score (nSPS) is 39.5. The van der Waals surface area contributed by atoms with Crippen LogP contribution in [0.25, 0.3) is 0 Å². The molecule has 6 unspecified atom stereocenters. The fourth-order valence-corrected chi connectivity index (χ4v) is 5.75. The largest absolute Gasteiger partial charge is 0.469 e. The molecule has 2 nitrogen and oxygen atoms in total. The van der Waals surface area contributed by atoms with Gasteiger partial charge in [0.2, 0.25) is 0 Å². The van der Waals surface area contributed by atoms with E-state index in [1.165, 1.54) is 51.4 Å². The Morgan fingerprint density at radius 3 is 2.32 bits per heavy atom. The smallest absolute Gasteiger partial charge is 0.308 e. The molecule has 0 aromatic rings. The van der Waals surface area contributed by atoms with Crippen molar-refractivity contribution >= 4 is 5.97 Å². The van der Waals surface area contributed by atoms with E-state index in [1.807, 2.05) is 0 Å². The number of hydrogen-bond donors (Lipinski definition) is 0. The maximum atomic E-state index is 12.4. The van der Waals surface area contributed by atoms with Crippen LogP contribution >= 0.6 is 0 Å². The molecule has 0 spiro atoms. The molecule has 2 heteroatoms. The Morgan fingerprint density at radius 1 is 1.00 bits per heavy atom. The van der Waals surface area contributed by atoms with E-state index < -0.39 is 0 Å². The lowest BCUT2D eigenvalue weighted by molar-refractivity contribution is -0.153. The first-order chi connectivity index (χ1) is 10.6. The second-order valence-corrected chi connectivity index (χ2v) is 7.84. The highest BCUT2D eigenvalue weighted by atomic mass is 16.5. The molecule has 0 saturated heterocycles. The minimum absolute atomic E-state index is 0.0680. The Balaban J connectivity index is 2.29. The molecule has 0 bridgehead atoms. The third kappa shape index (κ3) is 3.68. The maximum absolute atomic E-state index is 12.4. The maximum Gasteiger partial charge on any atom is 0.308 e. The fraction of sp³-hybridized carbons (Fsp3) is 0.950. The highest BCUT2D eigenvalue weighted by Crippen LogP contribution is 2.51. The molecule has 0 N–H and O–H groups in total. The van der Waals surface area contributed by atoms with Crippen molar-refractivity contribution in [2.75, 3.05) is 7.11 Å². The van der Waals surface area contributed by atoms with Gasteiger partial charge in [0.1, 0.15) is 0 Å². The fourth-order valence-electron chi connectivity index (χ4n) is 5.75. The van der Waals surface area contributed by atoms with Gasteiger partial charge in [-0.15, -0.1) is 0 Å². The highest BCUT2D eigenvalue weighted by molar-refractivity contribution is 5.72. The lowest BCUT2D eigenvalue weighted by Gasteiger charge is -2.49. The summed E-state index contributed by atoms with van der Waals surface area (Å²) in [4.78, 5) is 12.4. The molecule has 0 radical (unpaired) electrons. The second-order valence-electron chi connectivity index (χ2n) is 7.84. The van der Waals surface area contributed by atoms with Crippen LogP contribution in [-0.4, -0.2) is 13.1 Å². The molecule has 2 aliphatic rings. The van der Waals surface area contributed by atoms with Crippen LogP contribution < -0.4 is 0 Å². The van der Waals surface area contributed by atoms with E-state index in [2.05, 4.69) is 20.8 Å². The number of hydrogen-bond acceptors (Lipinski definition) is 2. The summed E-state index contributed by atoms with van der Waals surface area (Å²) in [6.07, 6.45) is 11.5. The molecule has 0 heterocycles. The third-order valence-electron chi connectivity index (χ3n) is 6.67. The molecule has 22 heavy (non-hydrogen) atoms. The number of rotatable bonds is 5. The molecule has 0 aromatic carbocycles. The first kappa shape index (κ1) is 17.8. The Bertz CT molecular complexity index is 350. The van der Waals surface area contributed by atoms with E-state index in [-0.39, 0.29) is 11.9 Å². The highest BCUT2D eigenvalue weighted by Gasteiger charge is 2.46. The molecule has 2 saturated carbocycles. The first-order valence-electron chi connectivity index (χ1n) is 9.71. The van der Waals surface area contributed by atoms with Crippen molar-refractivity contribution in [2.45, 2.75) is 78.6 Å². The Hall–Kier alpha value is -0.530. The monoisotopic (exact) mass is 308 g/mol. The average Bonchev–Trinajstić information content (AvgIpc) is 2.54. The van der Waals surface area contributed by atoms with Gasteiger partial charge in [0.25, 0.3) is 0 Å². The Morgan fingerprint density at radius 2 is 1.68 bits per heavy atom. The third-order valence-corrected chi connectivity index (χ3v) is 6.67. The summed E-state index contributed by atoms with van der Waals surface area (Å²) in [5.41, 5.74) is 0. The summed E-state index contributed by atoms with van der Waals surface area (Å²) in [6.45, 7) is 7.08. The molecule has 6 atom stereocenters. The summed E-state index contributed by atoms with van der Waals surface area (Å²) in [5.74, 6) is 3.86. The van der Waals surface area contributed by atoms with Crippen molar-refractivity contribution < 1.29 is 9.53 Å². The Labute approximate surface area is 137 Å². The van der Waals surface area contributed by atoms with Crippen molar-refractivity contribution in [2.24, 2.45) is 35.5 Å². The lowest BCUT2D eigenvalue weighted by Crippen LogP contribution is -2.45. The summed E-state index contributed by atoms with van der Waals surface area (Å²) in [6, 6.07) is 0. The second kappa shape index (κ2) is 8.36. The molecular weight excluding hydrogens is 272 g/mol. The van der Waals surface area contributed by atoms with Crippen LogP contribution in [0, 0.1) is 35.5 Å². The SMILES string of the molecule is CCCC1CCCC(C(=O)OC)C1C1C(C)CCCC1CC. The number of carbonyl (C=O) groups excluding carboxylic acids is 1. The van der Waals surface area contributed by atoms with Crippen molar-refractivity contribution in [3.8, 4) is 0 Å². The van der Waals surface area contributed by atoms with Crippen LogP contribution in [0.1, 0.15) is 78.6 Å². The van der Waals surface area contributed by atoms with Gasteiger partial charge < -0.3 is 4.74 Å². The minimum atomic E-state index is 0.0680. The van der Waals surface area contributed by atoms with Crippen LogP contribution in [0.4, 0.5) is 0 Å². The van der Waals surface area contributed by atoms with Crippen LogP contribution in [0.5, 0.6) is 0 Å². The molecule has 2 aliphatic carbocycles. The van der Waals surface area contributed by atoms with E-state index >= 15 is 0 Å². The number of methoxy groups -OCH3 is 1. The molecule has 2 fully saturated rings. The predicted molar refractivity (Wildman–Crippen MR) is 91.5 cm³/mol. The predicted octanol–water partition coefficient (Wildman–Crippen LogP) is 5.45. The number of carbonyl (C=O) groups is 1. The van der Waals surface area contributed by atoms with Crippen molar-refractivity contribution in [3.05, 3.63) is 0 Å². The minimum Gasteiger partial charge on any atom is -0.469 e. The lowest BCUT2D eigenvalue weighted by atomic mass is 9.56. The Kier molecular flexibility index (Phi) is 6.77. The van der Waals surface area contributed by atoms with E-state index in [4.69, 9.17) is 4.74 Å². The number of esters is 1. The zero-order valence-corrected chi connectivity index (χ0v) is 15.1. The van der Waals surface area contributed by atoms with Crippen molar-refractivity contribution in [3.63, 3.8) is 0 Å². The van der Waals surface area contributed by atoms with Gasteiger partial charge in [0, 0.05) is 0 Å². The average molecular weight is 309 g/mol. The summed E-state index contributed by atoms with van der Waals surface area (Å²) in [5, 5.41) is 0. The molecule has 128 valence electrons. The van der Waals surface area contributed by atoms with E-state index in [1.54, 1.807) is 7.11 Å². The molecule has 0 amide bonds. The van der Waals surface area contributed by atoms with Gasteiger partial charge in [0.15, 0.2) is 0 Å². The van der Waals surface area contributed by atoms with Gasteiger partial charge >= 0.3 is 5.97 Å². The summed E-state index contributed by atoms with van der Waals surface area (Å²) < 4.78 is 5.20. The van der Waals surface area contributed by atoms with Crippen molar-refractivity contribution in [1.82, 2.24) is 0 Å². The van der Waals surface area contributed by atoms with Gasteiger partial charge in [-0.1, -0.05) is 72.1 Å². The van der Waals surface area contributed by atoms with Gasteiger partial charge in [-0.25, -0.2) is 0 Å². The molecule has 0 aromatic heterocycles. The topological polar surface area (TPSA) is 26.3 Å². The first-order valence-corrected chi connectivity index (χ1v) is 9.71. The van der Waals surface area contributed by atoms with Crippen LogP contribution in [0.15, 0.2) is 0 Å². The van der Waals surface area contributed by atoms with Crippen molar-refractivity contribution in [1.29, 1.82) is 0 Å². The van der Waals surface area contributed by atoms with Gasteiger partial charge in [-0.05, 0) is 36.0 Å². The summed E-state index contributed by atoms with van der Waals surface area (Å²) in [7, 11) is 1.57. The van der Waals surface area contributed by atoms with Crippen LogP contribution in [0.3, 0.4) is 0 Å². The quantitative estimate of drug-likeness (QED) is 0.631. The standard InChI is InChI=1S/C20H36O2/c1-5-9-16-12-8-13-17(20(21)22-4)19(16)18-14(3)10-7-11-15(18)6-2/h14-19H,5-13H2,1-4H3. The van der Waals surface area contributed by atoms with Gasteiger partial charge in [-0.2, -0.15) is 0 Å². The van der Waals surface area contributed by atoms with E-state index in [0.29, 0.717) is 5.92 Å². The van der Waals surface area contributed by atoms with Gasteiger partial charge in [-0.3, -0.25) is 4.79 Å². The molecular formula is C20H36O2. The van der Waals surface area contributed by atoms with E-state index in [9.17, 15) is 4.79 Å². The molecule has 0 aliphatic heterocycles. The number of ether oxygens (including phenoxy) is 1. The molecule has 2 rings (SSSR count). The van der Waals surface area contributed by atoms with Crippen LogP contribution in [-0.2, 0) is 9.53 Å².